The van der Waals surface area contributed by atoms with Crippen LogP contribution in [0, 0.1) is 0 Å². The maximum absolute atomic E-state index is 6.94. The molecule has 4 nitrogen and oxygen atoms in total. The molecule has 0 amide bonds. The Bertz CT molecular complexity index is 3970. The number of ether oxygens (including phenoxy) is 2. The van der Waals surface area contributed by atoms with E-state index in [1.54, 1.807) is 0 Å². The molecule has 0 aromatic heterocycles. The predicted octanol–water partition coefficient (Wildman–Crippen LogP) is 19.2. The molecule has 0 saturated heterocycles. The Hall–Kier alpha value is -10.2. The summed E-state index contributed by atoms with van der Waals surface area (Å²) in [5, 5.41) is 0. The van der Waals surface area contributed by atoms with Crippen LogP contribution in [0.5, 0.6) is 23.0 Å². The minimum absolute atomic E-state index is 0.799. The molecule has 0 N–H and O–H groups in total. The Morgan fingerprint density at radius 2 is 0.449 bits per heavy atom. The average Bonchev–Trinajstić information content (AvgIpc) is 3.41. The summed E-state index contributed by atoms with van der Waals surface area (Å²) in [4.78, 5) is 4.93. The van der Waals surface area contributed by atoms with Gasteiger partial charge in [0.05, 0.1) is 33.6 Å². The minimum atomic E-state index is -0.799. The fourth-order valence-electron chi connectivity index (χ4n) is 13.5. The Kier molecular flexibility index (Phi) is 9.73. The maximum Gasteiger partial charge on any atom is 0.132 e. The highest BCUT2D eigenvalue weighted by atomic mass is 16.5. The number of hydrogen-bond donors (Lipinski definition) is 0. The Morgan fingerprint density at radius 1 is 0.205 bits per heavy atom. The minimum Gasteiger partial charge on any atom is -0.457 e. The van der Waals surface area contributed by atoms with Crippen LogP contribution in [0.4, 0.5) is 34.1 Å². The van der Waals surface area contributed by atoms with E-state index in [1.807, 2.05) is 0 Å². The zero-order valence-corrected chi connectivity index (χ0v) is 42.4. The van der Waals surface area contributed by atoms with Gasteiger partial charge in [-0.05, 0) is 153 Å². The van der Waals surface area contributed by atoms with Crippen LogP contribution in [0.1, 0.15) is 44.5 Å². The molecule has 0 saturated carbocycles. The lowest BCUT2D eigenvalue weighted by molar-refractivity contribution is 0.433. The van der Waals surface area contributed by atoms with Crippen LogP contribution in [0.15, 0.2) is 291 Å². The summed E-state index contributed by atoms with van der Waals surface area (Å²) in [6, 6.07) is 106. The number of anilines is 6. The van der Waals surface area contributed by atoms with Crippen molar-refractivity contribution in [2.45, 2.75) is 10.8 Å². The van der Waals surface area contributed by atoms with Crippen molar-refractivity contribution in [3.63, 3.8) is 0 Å². The zero-order valence-electron chi connectivity index (χ0n) is 42.4. The van der Waals surface area contributed by atoms with Crippen molar-refractivity contribution in [2.24, 2.45) is 0 Å². The van der Waals surface area contributed by atoms with Crippen molar-refractivity contribution in [1.29, 1.82) is 0 Å². The molecular weight excluding hydrogens is 949 g/mol. The lowest BCUT2D eigenvalue weighted by atomic mass is 9.60. The molecule has 12 aromatic carbocycles. The molecule has 16 rings (SSSR count). The van der Waals surface area contributed by atoms with Crippen molar-refractivity contribution >= 4 is 34.1 Å². The quantitative estimate of drug-likeness (QED) is 0.172. The molecule has 0 radical (unpaired) electrons. The van der Waals surface area contributed by atoms with Gasteiger partial charge in [-0.3, -0.25) is 0 Å². The molecule has 78 heavy (non-hydrogen) atoms. The highest BCUT2D eigenvalue weighted by Crippen LogP contribution is 2.66. The average molecular weight is 997 g/mol. The molecule has 0 atom stereocenters. The molecule has 2 spiro atoms. The number of nitrogens with zero attached hydrogens (tertiary/aromatic N) is 2. The van der Waals surface area contributed by atoms with Crippen molar-refractivity contribution in [2.75, 3.05) is 9.80 Å². The SMILES string of the molecule is c1ccc(-c2ccc3c(c2)C2(c4ccccc4Oc4ccccc42)c2cc(-c4ccc5c(c4)C4(c6ccccc6Oc6ccccc64)c4cc(-c6ccccc6)ccc4N5c4ccccc4)ccc2N3c2ccccc2)cc1. The second kappa shape index (κ2) is 17.2. The zero-order chi connectivity index (χ0) is 51.4. The van der Waals surface area contributed by atoms with E-state index < -0.39 is 10.8 Å². The number of para-hydroxylation sites is 6. The van der Waals surface area contributed by atoms with E-state index in [1.165, 1.54) is 22.3 Å². The molecule has 0 bridgehead atoms. The van der Waals surface area contributed by atoms with Gasteiger partial charge in [-0.1, -0.05) is 194 Å². The normalized spacial score (nSPS) is 14.3. The van der Waals surface area contributed by atoms with Gasteiger partial charge in [0.1, 0.15) is 23.0 Å². The highest BCUT2D eigenvalue weighted by molar-refractivity contribution is 5.96. The molecule has 4 heteroatoms. The van der Waals surface area contributed by atoms with Gasteiger partial charge in [-0.15, -0.1) is 0 Å². The van der Waals surface area contributed by atoms with Crippen LogP contribution in [0.2, 0.25) is 0 Å². The first kappa shape index (κ1) is 44.2. The predicted molar refractivity (Wildman–Crippen MR) is 316 cm³/mol. The van der Waals surface area contributed by atoms with E-state index in [0.717, 1.165) is 113 Å². The summed E-state index contributed by atoms with van der Waals surface area (Å²) < 4.78 is 13.9. The van der Waals surface area contributed by atoms with E-state index in [-0.39, 0.29) is 0 Å². The maximum atomic E-state index is 6.94. The van der Waals surface area contributed by atoms with Gasteiger partial charge in [0.2, 0.25) is 0 Å². The van der Waals surface area contributed by atoms with E-state index in [4.69, 9.17) is 9.47 Å². The second-order valence-electron chi connectivity index (χ2n) is 20.7. The smallest absolute Gasteiger partial charge is 0.132 e. The Morgan fingerprint density at radius 3 is 0.744 bits per heavy atom. The van der Waals surface area contributed by atoms with Gasteiger partial charge in [0.25, 0.3) is 0 Å². The third-order valence-corrected chi connectivity index (χ3v) is 16.7. The molecule has 4 heterocycles. The third-order valence-electron chi connectivity index (χ3n) is 16.7. The molecule has 0 unspecified atom stereocenters. The van der Waals surface area contributed by atoms with Crippen LogP contribution >= 0.6 is 0 Å². The standard InChI is InChI=1S/C74H48N2O2/c1-5-21-49(22-6-1)51-37-41-65-61(45-51)73(57-29-13-17-33-69(57)77-70-34-18-14-30-58(70)73)63-47-53(39-43-67(63)75(65)55-25-9-3-10-26-55)54-40-44-68-64(48-54)74(59-31-15-19-35-71(59)78-72-36-20-16-32-60(72)74)62-46-52(50-23-7-2-8-24-50)38-42-66(62)76(68)56-27-11-4-12-28-56/h1-48H. The summed E-state index contributed by atoms with van der Waals surface area (Å²) in [5.41, 5.74) is 21.0. The van der Waals surface area contributed by atoms with Gasteiger partial charge in [-0.2, -0.15) is 0 Å². The van der Waals surface area contributed by atoms with E-state index in [9.17, 15) is 0 Å². The van der Waals surface area contributed by atoms with Gasteiger partial charge < -0.3 is 19.3 Å². The van der Waals surface area contributed by atoms with Crippen LogP contribution in [-0.4, -0.2) is 0 Å². The summed E-state index contributed by atoms with van der Waals surface area (Å²) >= 11 is 0. The molecule has 0 fully saturated rings. The van der Waals surface area contributed by atoms with Crippen LogP contribution in [-0.2, 0) is 10.8 Å². The molecule has 4 aliphatic rings. The topological polar surface area (TPSA) is 24.9 Å². The number of benzene rings is 12. The Balaban J connectivity index is 1.01. The molecule has 4 aliphatic heterocycles. The van der Waals surface area contributed by atoms with Crippen molar-refractivity contribution < 1.29 is 9.47 Å². The fourth-order valence-corrected chi connectivity index (χ4v) is 13.5. The first-order chi connectivity index (χ1) is 38.7. The fraction of sp³-hybridized carbons (Fsp3) is 0.0270. The molecular formula is C74H48N2O2. The van der Waals surface area contributed by atoms with Crippen molar-refractivity contribution in [1.82, 2.24) is 0 Å². The number of hydrogen-bond acceptors (Lipinski definition) is 4. The van der Waals surface area contributed by atoms with Crippen molar-refractivity contribution in [3.8, 4) is 56.4 Å². The van der Waals surface area contributed by atoms with Crippen LogP contribution in [0.3, 0.4) is 0 Å². The van der Waals surface area contributed by atoms with Gasteiger partial charge >= 0.3 is 0 Å². The van der Waals surface area contributed by atoms with Crippen LogP contribution < -0.4 is 19.3 Å². The van der Waals surface area contributed by atoms with Crippen LogP contribution in [0.25, 0.3) is 33.4 Å². The van der Waals surface area contributed by atoms with Gasteiger partial charge in [-0.25, -0.2) is 0 Å². The first-order valence-corrected chi connectivity index (χ1v) is 26.8. The highest BCUT2D eigenvalue weighted by Gasteiger charge is 2.53. The summed E-state index contributed by atoms with van der Waals surface area (Å²) in [7, 11) is 0. The number of fused-ring (bicyclic) bond motifs is 16. The third kappa shape index (κ3) is 6.29. The lowest BCUT2D eigenvalue weighted by Gasteiger charge is -2.49. The molecule has 0 aliphatic carbocycles. The van der Waals surface area contributed by atoms with E-state index in [2.05, 4.69) is 301 Å². The molecule has 366 valence electrons. The second-order valence-corrected chi connectivity index (χ2v) is 20.7. The number of rotatable bonds is 5. The van der Waals surface area contributed by atoms with Crippen molar-refractivity contribution in [3.05, 3.63) is 336 Å². The Labute approximate surface area is 454 Å². The summed E-state index contributed by atoms with van der Waals surface area (Å²) in [6.45, 7) is 0. The van der Waals surface area contributed by atoms with Gasteiger partial charge in [0.15, 0.2) is 0 Å². The van der Waals surface area contributed by atoms with E-state index >= 15 is 0 Å². The van der Waals surface area contributed by atoms with Gasteiger partial charge in [0, 0.05) is 33.6 Å². The first-order valence-electron chi connectivity index (χ1n) is 26.8. The van der Waals surface area contributed by atoms with E-state index in [0.29, 0.717) is 0 Å². The monoisotopic (exact) mass is 996 g/mol. The lowest BCUT2D eigenvalue weighted by Crippen LogP contribution is -2.40. The summed E-state index contributed by atoms with van der Waals surface area (Å²) in [5.74, 6) is 3.38. The molecule has 12 aromatic rings. The largest absolute Gasteiger partial charge is 0.457 e. The summed E-state index contributed by atoms with van der Waals surface area (Å²) in [6.07, 6.45) is 0.